The number of carboxylic acid groups (broad SMARTS) is 1. The molecule has 1 aromatic carbocycles. The number of unbranched alkanes of at least 4 members (excludes halogenated alkanes) is 2. The molecule has 2 amide bonds. The smallest absolute Gasteiger partial charge is 0.336 e. The van der Waals surface area contributed by atoms with Crippen molar-refractivity contribution in [1.29, 1.82) is 0 Å². The molecule has 1 aromatic rings. The highest BCUT2D eigenvalue weighted by molar-refractivity contribution is 6.12. The third-order valence-electron chi connectivity index (χ3n) is 7.15. The normalized spacial score (nSPS) is 22.2. The van der Waals surface area contributed by atoms with E-state index in [0.29, 0.717) is 31.7 Å². The molecule has 47 heavy (non-hydrogen) atoms. The number of nitro groups is 1. The number of imide groups is 1. The highest BCUT2D eigenvalue weighted by Gasteiger charge is 2.55. The lowest BCUT2D eigenvalue weighted by Crippen LogP contribution is -2.63. The molecule has 0 aliphatic carbocycles. The number of aliphatic carboxylic acids is 1. The molecule has 2 aliphatic rings. The van der Waals surface area contributed by atoms with Crippen LogP contribution in [0.5, 0.6) is 11.5 Å². The summed E-state index contributed by atoms with van der Waals surface area (Å²) in [6.07, 6.45) is -2.31. The Hall–Kier alpha value is -4.58. The predicted molar refractivity (Wildman–Crippen MR) is 159 cm³/mol. The molecule has 5 atom stereocenters. The van der Waals surface area contributed by atoms with Gasteiger partial charge in [-0.05, 0) is 31.4 Å². The van der Waals surface area contributed by atoms with Crippen molar-refractivity contribution in [3.05, 3.63) is 58.3 Å². The van der Waals surface area contributed by atoms with Crippen LogP contribution in [0.3, 0.4) is 0 Å². The molecule has 2 heterocycles. The van der Waals surface area contributed by atoms with Crippen LogP contribution in [0.15, 0.2) is 42.6 Å². The average Bonchev–Trinajstić information content (AvgIpc) is 3.33. The molecule has 0 spiro atoms. The molecule has 17 heteroatoms. The summed E-state index contributed by atoms with van der Waals surface area (Å²) in [6.45, 7) is 6.52. The van der Waals surface area contributed by atoms with E-state index in [-0.39, 0.29) is 43.1 Å². The van der Waals surface area contributed by atoms with Gasteiger partial charge >= 0.3 is 11.9 Å². The number of hydrogen-bond donors (Lipinski definition) is 4. The average molecular weight is 666 g/mol. The van der Waals surface area contributed by atoms with Crippen LogP contribution in [0.2, 0.25) is 0 Å². The number of esters is 1. The molecular weight excluding hydrogens is 626 g/mol. The summed E-state index contributed by atoms with van der Waals surface area (Å²) < 4.78 is 27.1. The number of hydrogen-bond acceptors (Lipinski definition) is 14. The number of benzene rings is 1. The molecule has 17 nitrogen and oxygen atoms in total. The van der Waals surface area contributed by atoms with E-state index < -0.39 is 47.5 Å². The molecule has 1 saturated heterocycles. The molecule has 0 unspecified atom stereocenters. The second kappa shape index (κ2) is 17.9. The second-order valence-corrected chi connectivity index (χ2v) is 10.7. The van der Waals surface area contributed by atoms with Gasteiger partial charge in [-0.25, -0.2) is 4.79 Å². The summed E-state index contributed by atoms with van der Waals surface area (Å²) in [5, 5.41) is 44.3. The van der Waals surface area contributed by atoms with Crippen LogP contribution < -0.4 is 14.8 Å². The lowest BCUT2D eigenvalue weighted by molar-refractivity contribution is -0.562. The molecule has 1 fully saturated rings. The zero-order chi connectivity index (χ0) is 34.5. The standard InChI is InChI=1S/C30H39N3O14/c1-18(6-4-3-5-12-32-23(35)9-10-24(32)36)31-11-13-43-14-15-44-22-16-21(8-7-20(22)17-45-19(2)34)46-30-27(38)25(33(41)42)26(37)28(47-30)29(39)40/h7-10,16,25-28,30-31,37-38H,1,3-6,11-15,17H2,2H3,(H,39,40)/t25-,26-,27+,28-,30+/m0/s1. The summed E-state index contributed by atoms with van der Waals surface area (Å²) in [5.74, 6) is -2.60. The van der Waals surface area contributed by atoms with Crippen LogP contribution in [0, 0.1) is 10.1 Å². The van der Waals surface area contributed by atoms with E-state index >= 15 is 0 Å². The fourth-order valence-corrected chi connectivity index (χ4v) is 4.71. The first-order chi connectivity index (χ1) is 22.4. The Morgan fingerprint density at radius 3 is 2.47 bits per heavy atom. The minimum Gasteiger partial charge on any atom is -0.491 e. The Bertz CT molecular complexity index is 1320. The Labute approximate surface area is 269 Å². The summed E-state index contributed by atoms with van der Waals surface area (Å²) in [5.41, 5.74) is 1.26. The van der Waals surface area contributed by atoms with E-state index in [4.69, 9.17) is 23.7 Å². The highest BCUT2D eigenvalue weighted by Crippen LogP contribution is 2.30. The first kappa shape index (κ1) is 36.9. The van der Waals surface area contributed by atoms with Gasteiger partial charge in [0.1, 0.15) is 24.7 Å². The number of amides is 2. The van der Waals surface area contributed by atoms with Crippen LogP contribution in [-0.4, -0.2) is 112 Å². The number of aliphatic hydroxyl groups is 2. The van der Waals surface area contributed by atoms with E-state index in [1.165, 1.54) is 42.2 Å². The van der Waals surface area contributed by atoms with E-state index in [9.17, 15) is 44.6 Å². The van der Waals surface area contributed by atoms with Crippen molar-refractivity contribution < 1.29 is 63.1 Å². The van der Waals surface area contributed by atoms with Crippen molar-refractivity contribution in [3.63, 3.8) is 0 Å². The zero-order valence-electron chi connectivity index (χ0n) is 25.8. The fourth-order valence-electron chi connectivity index (χ4n) is 4.71. The quantitative estimate of drug-likeness (QED) is 0.0482. The number of nitrogens with zero attached hydrogens (tertiary/aromatic N) is 2. The van der Waals surface area contributed by atoms with Gasteiger partial charge in [0.25, 0.3) is 17.9 Å². The first-order valence-corrected chi connectivity index (χ1v) is 14.9. The minimum absolute atomic E-state index is 0.0167. The van der Waals surface area contributed by atoms with Gasteiger partial charge in [-0.1, -0.05) is 13.0 Å². The van der Waals surface area contributed by atoms with Gasteiger partial charge < -0.3 is 44.3 Å². The minimum atomic E-state index is -2.12. The van der Waals surface area contributed by atoms with Crippen LogP contribution >= 0.6 is 0 Å². The molecule has 258 valence electrons. The molecular formula is C30H39N3O14. The maximum absolute atomic E-state index is 11.6. The summed E-state index contributed by atoms with van der Waals surface area (Å²) >= 11 is 0. The second-order valence-electron chi connectivity index (χ2n) is 10.7. The topological polar surface area (TPSA) is 234 Å². The monoisotopic (exact) mass is 665 g/mol. The van der Waals surface area contributed by atoms with Crippen molar-refractivity contribution in [2.75, 3.05) is 32.9 Å². The third-order valence-corrected chi connectivity index (χ3v) is 7.15. The van der Waals surface area contributed by atoms with E-state index in [0.717, 1.165) is 25.0 Å². The maximum atomic E-state index is 11.6. The summed E-state index contributed by atoms with van der Waals surface area (Å²) in [7, 11) is 0. The maximum Gasteiger partial charge on any atom is 0.336 e. The number of carbonyl (C=O) groups is 4. The Morgan fingerprint density at radius 1 is 1.09 bits per heavy atom. The SMILES string of the molecule is C=C(CCCCCN1C(=O)C=CC1=O)NCCOCCOc1cc(O[C@@H]2O[C@H](C(=O)O)[C@@H](O)[C@H]([N+](=O)[O-])[C@H]2O)ccc1COC(C)=O. The molecule has 2 aliphatic heterocycles. The molecule has 3 rings (SSSR count). The Kier molecular flexibility index (Phi) is 14.1. The number of carbonyl (C=O) groups excluding carboxylic acids is 3. The third kappa shape index (κ3) is 11.0. The molecule has 0 saturated carbocycles. The highest BCUT2D eigenvalue weighted by atomic mass is 16.7. The first-order valence-electron chi connectivity index (χ1n) is 14.9. The van der Waals surface area contributed by atoms with Gasteiger partial charge in [0.05, 0.1) is 13.2 Å². The lowest BCUT2D eigenvalue weighted by Gasteiger charge is -2.36. The molecule has 0 bridgehead atoms. The number of carboxylic acids is 1. The van der Waals surface area contributed by atoms with Gasteiger partial charge in [-0.15, -0.1) is 0 Å². The number of nitrogens with one attached hydrogen (secondary N) is 1. The van der Waals surface area contributed by atoms with Crippen molar-refractivity contribution in [2.45, 2.75) is 69.9 Å². The van der Waals surface area contributed by atoms with E-state index in [1.54, 1.807) is 0 Å². The lowest BCUT2D eigenvalue weighted by atomic mass is 9.96. The Balaban J connectivity index is 1.43. The van der Waals surface area contributed by atoms with Crippen LogP contribution in [0.1, 0.15) is 38.2 Å². The van der Waals surface area contributed by atoms with Crippen molar-refractivity contribution in [1.82, 2.24) is 10.2 Å². The molecule has 0 radical (unpaired) electrons. The van der Waals surface area contributed by atoms with E-state index in [2.05, 4.69) is 11.9 Å². The van der Waals surface area contributed by atoms with Crippen molar-refractivity contribution in [2.24, 2.45) is 0 Å². The van der Waals surface area contributed by atoms with Gasteiger partial charge in [0.2, 0.25) is 6.29 Å². The molecule has 4 N–H and O–H groups in total. The predicted octanol–water partition coefficient (Wildman–Crippen LogP) is 0.289. The summed E-state index contributed by atoms with van der Waals surface area (Å²) in [4.78, 5) is 57.6. The Morgan fingerprint density at radius 2 is 1.81 bits per heavy atom. The van der Waals surface area contributed by atoms with E-state index in [1.807, 2.05) is 0 Å². The van der Waals surface area contributed by atoms with Gasteiger partial charge in [0.15, 0.2) is 18.3 Å². The number of allylic oxidation sites excluding steroid dienone is 1. The van der Waals surface area contributed by atoms with Crippen molar-refractivity contribution >= 4 is 23.8 Å². The number of rotatable bonds is 20. The zero-order valence-corrected chi connectivity index (χ0v) is 25.8. The van der Waals surface area contributed by atoms with Crippen LogP contribution in [0.4, 0.5) is 0 Å². The van der Waals surface area contributed by atoms with Gasteiger partial charge in [0, 0.05) is 54.4 Å². The van der Waals surface area contributed by atoms with Crippen molar-refractivity contribution in [3.8, 4) is 11.5 Å². The fraction of sp³-hybridized carbons (Fsp3) is 0.533. The van der Waals surface area contributed by atoms with Gasteiger partial charge in [-0.3, -0.25) is 29.4 Å². The summed E-state index contributed by atoms with van der Waals surface area (Å²) in [6, 6.07) is 2.13. The van der Waals surface area contributed by atoms with Gasteiger partial charge in [-0.2, -0.15) is 0 Å². The van der Waals surface area contributed by atoms with Crippen LogP contribution in [0.25, 0.3) is 0 Å². The van der Waals surface area contributed by atoms with Crippen LogP contribution in [-0.2, 0) is 40.0 Å². The molecule has 0 aromatic heterocycles. The largest absolute Gasteiger partial charge is 0.491 e. The number of ether oxygens (including phenoxy) is 5. The number of aliphatic hydroxyl groups excluding tert-OH is 2.